The lowest BCUT2D eigenvalue weighted by molar-refractivity contribution is -0.0488. The molecule has 0 spiro atoms. The van der Waals surface area contributed by atoms with Crippen molar-refractivity contribution in [1.29, 1.82) is 0 Å². The maximum Gasteiger partial charge on any atom is 0.511 e. The average Bonchev–Trinajstić information content (AvgIpc) is 0.831. The molecule has 1 aromatic rings. The Morgan fingerprint density at radius 1 is 0.535 bits per heavy atom. The number of alkyl halides is 12. The van der Waals surface area contributed by atoms with E-state index in [0.29, 0.717) is 56.4 Å². The van der Waals surface area contributed by atoms with E-state index in [2.05, 4.69) is 67.3 Å². The van der Waals surface area contributed by atoms with Crippen molar-refractivity contribution in [2.45, 2.75) is 266 Å². The molecule has 0 radical (unpaired) electrons. The van der Waals surface area contributed by atoms with Crippen LogP contribution in [-0.2, 0) is 49.1 Å². The summed E-state index contributed by atoms with van der Waals surface area (Å²) in [5.41, 5.74) is -20.0. The largest absolute Gasteiger partial charge is 0.511 e. The predicted octanol–water partition coefficient (Wildman–Crippen LogP) is 19.0. The number of nitrogens with zero attached hydrogens (tertiary/aromatic N) is 3. The highest BCUT2D eigenvalue weighted by molar-refractivity contribution is 8.14. The third-order valence-electron chi connectivity index (χ3n) is 16.9. The molecule has 0 bridgehead atoms. The third kappa shape index (κ3) is 48.1. The van der Waals surface area contributed by atoms with Gasteiger partial charge >= 0.3 is 61.2 Å². The van der Waals surface area contributed by atoms with Crippen LogP contribution in [0, 0.1) is 30.6 Å². The molecular weight excluding hydrogens is 1470 g/mol. The van der Waals surface area contributed by atoms with E-state index in [9.17, 15) is 94.8 Å². The van der Waals surface area contributed by atoms with E-state index < -0.39 is 71.2 Å². The van der Waals surface area contributed by atoms with Gasteiger partial charge in [-0.1, -0.05) is 184 Å². The minimum Gasteiger partial charge on any atom is -0.320 e. The Labute approximate surface area is 603 Å². The van der Waals surface area contributed by atoms with Gasteiger partial charge in [0.1, 0.15) is 0 Å². The van der Waals surface area contributed by atoms with E-state index in [1.165, 1.54) is 121 Å². The molecule has 3 rings (SSSR count). The number of unbranched alkanes of at least 4 members (excludes halogenated alkanes) is 11. The third-order valence-corrected chi connectivity index (χ3v) is 23.9. The van der Waals surface area contributed by atoms with Crippen molar-refractivity contribution in [3.05, 3.63) is 79.4 Å². The van der Waals surface area contributed by atoms with Crippen molar-refractivity contribution in [3.8, 4) is 0 Å². The zero-order valence-electron chi connectivity index (χ0n) is 60.3. The molecule has 0 amide bonds. The first-order valence-electron chi connectivity index (χ1n) is 34.9. The summed E-state index contributed by atoms with van der Waals surface area (Å²) in [7, 11) is -15.6. The Balaban J connectivity index is -0.00000117. The summed E-state index contributed by atoms with van der Waals surface area (Å²) >= 11 is 0. The summed E-state index contributed by atoms with van der Waals surface area (Å²) in [5.74, 6) is 7.14. The Morgan fingerprint density at radius 3 is 1.28 bits per heavy atom. The molecule has 0 aromatic heterocycles. The fraction of sp³-hybridized carbons (Fsp3) is 0.791. The monoisotopic (exact) mass is 1590 g/mol. The van der Waals surface area contributed by atoms with E-state index in [-0.39, 0.29) is 24.5 Å². The smallest absolute Gasteiger partial charge is 0.320 e. The second kappa shape index (κ2) is 54.7. The molecule has 2 aliphatic carbocycles. The molecule has 0 saturated heterocycles. The molecule has 101 heavy (non-hydrogen) atoms. The van der Waals surface area contributed by atoms with Gasteiger partial charge < -0.3 is 5.32 Å². The van der Waals surface area contributed by atoms with Crippen LogP contribution in [0.5, 0.6) is 0 Å². The number of hydrogen-bond acceptors (Lipinski definition) is 12. The van der Waals surface area contributed by atoms with E-state index in [0.717, 1.165) is 123 Å². The van der Waals surface area contributed by atoms with Crippen LogP contribution < -0.4 is 16.0 Å². The highest BCUT2D eigenvalue weighted by Crippen LogP contribution is 2.31. The average molecular weight is 1590 g/mol. The minimum absolute atomic E-state index is 0.0746. The molecule has 1 aromatic carbocycles. The first-order valence-corrected chi connectivity index (χ1v) is 43.0. The molecule has 0 saturated carbocycles. The van der Waals surface area contributed by atoms with Gasteiger partial charge in [-0.2, -0.15) is 70.4 Å². The molecule has 16 nitrogen and oxygen atoms in total. The number of rotatable bonds is 39. The number of nitrogens with one attached hydrogen (secondary N) is 2. The summed E-state index contributed by atoms with van der Waals surface area (Å²) in [5, 5.41) is 3.21. The lowest BCUT2D eigenvalue weighted by atomic mass is 9.92. The van der Waals surface area contributed by atoms with Crippen molar-refractivity contribution in [2.24, 2.45) is 29.5 Å². The molecule has 598 valence electrons. The van der Waals surface area contributed by atoms with E-state index in [1.54, 1.807) is 17.0 Å². The standard InChI is InChI=1S/C16H32F3NO2S.C16H28F3NO2S.C14H24F3NO2S.C13H25N.C7H10N2O2S.CClF3O2S/c2*1-4-6-7-8-9-12-15(5-2)13-10-11-14-20(3)23(21,22)16(17,18)19;1-18(21(19,20)14(15,16)17)12-8-7-11-13-9-5-3-2-4-6-10-13;1-14-12-8-7-11-13-9-5-3-2-4-6-10-13;1-6-2-4-7(5-3-6)12(10,11)9-8;2-8(6,7)1(3,4)5/h15H,4-14H2,1-3H3;4-5,15H,1-2,6-14H2,3H3;5,9,13H,2-4,6-8,10-12H2,1H3;5,9,13-14H,2-4,6-8,10-12H2,1H3;2-5,9H,8H2,1H3;/b;;2*9-5-;;. The summed E-state index contributed by atoms with van der Waals surface area (Å²) in [6.07, 6.45) is 50.1. The highest BCUT2D eigenvalue weighted by Gasteiger charge is 2.50. The topological polar surface area (TPSA) is 230 Å². The fourth-order valence-corrected chi connectivity index (χ4v) is 13.2. The first-order chi connectivity index (χ1) is 46.8. The van der Waals surface area contributed by atoms with Gasteiger partial charge in [-0.3, -0.25) is 5.84 Å². The van der Waals surface area contributed by atoms with Gasteiger partial charge in [0.15, 0.2) is 0 Å². The fourth-order valence-electron chi connectivity index (χ4n) is 10.4. The summed E-state index contributed by atoms with van der Waals surface area (Å²) < 4.78 is 252. The van der Waals surface area contributed by atoms with Gasteiger partial charge in [-0.15, -0.1) is 13.2 Å². The number of aryl methyl sites for hydroxylation is 1. The lowest BCUT2D eigenvalue weighted by Crippen LogP contribution is -2.38. The first kappa shape index (κ1) is 102. The van der Waals surface area contributed by atoms with Crippen molar-refractivity contribution >= 4 is 59.8 Å². The van der Waals surface area contributed by atoms with Gasteiger partial charge in [0.2, 0.25) is 0 Å². The zero-order valence-corrected chi connectivity index (χ0v) is 65.2. The molecule has 34 heteroatoms. The Morgan fingerprint density at radius 2 is 0.911 bits per heavy atom. The lowest BCUT2D eigenvalue weighted by Gasteiger charge is -2.19. The van der Waals surface area contributed by atoms with Crippen molar-refractivity contribution in [1.82, 2.24) is 23.1 Å². The Hall–Kier alpha value is -2.86. The number of nitrogens with two attached hydrogens (primary N) is 1. The van der Waals surface area contributed by atoms with Crippen LogP contribution >= 0.6 is 10.7 Å². The number of halogens is 13. The van der Waals surface area contributed by atoms with Gasteiger partial charge in [0.05, 0.1) is 4.90 Å². The van der Waals surface area contributed by atoms with Crippen LogP contribution in [0.4, 0.5) is 52.7 Å². The van der Waals surface area contributed by atoms with Crippen LogP contribution in [0.25, 0.3) is 0 Å². The van der Waals surface area contributed by atoms with Gasteiger partial charge in [-0.25, -0.2) is 42.1 Å². The van der Waals surface area contributed by atoms with Crippen LogP contribution in [0.2, 0.25) is 0 Å². The maximum absolute atomic E-state index is 12.4. The van der Waals surface area contributed by atoms with E-state index in [4.69, 9.17) is 5.84 Å². The second-order valence-electron chi connectivity index (χ2n) is 25.3. The second-order valence-corrected chi connectivity index (χ2v) is 35.7. The molecule has 4 atom stereocenters. The quantitative estimate of drug-likeness (QED) is 0.0140. The van der Waals surface area contributed by atoms with Crippen LogP contribution in [0.3, 0.4) is 0 Å². The molecule has 4 N–H and O–H groups in total. The van der Waals surface area contributed by atoms with Crippen LogP contribution in [0.1, 0.15) is 238 Å². The number of benzene rings is 1. The molecule has 0 heterocycles. The van der Waals surface area contributed by atoms with Crippen LogP contribution in [0.15, 0.2) is 78.8 Å². The molecule has 4 unspecified atom stereocenters. The van der Waals surface area contributed by atoms with E-state index >= 15 is 0 Å². The van der Waals surface area contributed by atoms with Crippen molar-refractivity contribution in [3.63, 3.8) is 0 Å². The van der Waals surface area contributed by atoms with Crippen molar-refractivity contribution < 1.29 is 94.8 Å². The summed E-state index contributed by atoms with van der Waals surface area (Å²) in [4.78, 5) is 1.93. The van der Waals surface area contributed by atoms with Crippen LogP contribution in [-0.4, -0.2) is 131 Å². The van der Waals surface area contributed by atoms with Gasteiger partial charge in [-0.05, 0) is 159 Å². The number of sulfonamides is 4. The highest BCUT2D eigenvalue weighted by atomic mass is 35.7. The predicted molar refractivity (Wildman–Crippen MR) is 384 cm³/mol. The maximum atomic E-state index is 12.4. The number of hydrogen-bond donors (Lipinski definition) is 3. The zero-order chi connectivity index (χ0) is 78.1. The number of allylic oxidation sites excluding steroid dienone is 6. The van der Waals surface area contributed by atoms with Gasteiger partial charge in [0.25, 0.3) is 10.0 Å². The van der Waals surface area contributed by atoms with E-state index in [1.807, 2.05) is 26.1 Å². The molecule has 0 aliphatic heterocycles. The molecule has 0 fully saturated rings. The van der Waals surface area contributed by atoms with Gasteiger partial charge in [0, 0.05) is 51.5 Å². The van der Waals surface area contributed by atoms with Crippen molar-refractivity contribution in [2.75, 3.05) is 54.4 Å². The number of hydrazine groups is 1. The summed E-state index contributed by atoms with van der Waals surface area (Å²) in [6, 6.07) is 6.43. The normalized spacial score (nSPS) is 17.2. The Bertz CT molecular complexity index is 2970. The Kier molecular flexibility index (Phi) is 55.4. The summed E-state index contributed by atoms with van der Waals surface area (Å²) in [6.45, 7) is 14.6. The molecule has 2 aliphatic rings. The molecular formula is C67H119ClF12N6O10S5. The minimum atomic E-state index is -5.37. The SMILES string of the molecule is C=CCCCCCC(C=C)CCCCN(C)S(=O)(=O)C(F)(F)F.CCCCCCCC(CC)CCCCN(C)S(=O)(=O)C(F)(F)F.CN(CCCCC1/C=C\CCCCC1)S(=O)(=O)C(F)(F)F.CNCCCCC1/C=C\CCCCC1.Cc1ccc(S(=O)(=O)NN)cc1.O=S(=O)(Cl)C(F)(F)F.